The van der Waals surface area contributed by atoms with Gasteiger partial charge in [-0.15, -0.1) is 0 Å². The third-order valence-electron chi connectivity index (χ3n) is 4.56. The summed E-state index contributed by atoms with van der Waals surface area (Å²) in [6, 6.07) is 10.9. The predicted molar refractivity (Wildman–Crippen MR) is 111 cm³/mol. The third-order valence-corrected chi connectivity index (χ3v) is 5.13. The molecule has 0 unspecified atom stereocenters. The lowest BCUT2D eigenvalue weighted by atomic mass is 10.2. The molecule has 1 aliphatic heterocycles. The minimum absolute atomic E-state index is 0.0634. The molecule has 8 nitrogen and oxygen atoms in total. The molecule has 0 atom stereocenters. The van der Waals surface area contributed by atoms with Crippen LogP contribution in [0.1, 0.15) is 10.4 Å². The van der Waals surface area contributed by atoms with Crippen molar-refractivity contribution in [2.75, 3.05) is 38.0 Å². The Labute approximate surface area is 177 Å². The van der Waals surface area contributed by atoms with Crippen LogP contribution in [0.15, 0.2) is 42.5 Å². The Bertz CT molecular complexity index is 946. The van der Waals surface area contributed by atoms with Gasteiger partial charge in [0.15, 0.2) is 0 Å². The molecule has 0 aromatic heterocycles. The summed E-state index contributed by atoms with van der Waals surface area (Å²) in [5, 5.41) is 14.3. The molecular weight excluding hydrogens is 419 g/mol. The molecule has 1 aliphatic rings. The maximum Gasteiger partial charge on any atom is 0.294 e. The van der Waals surface area contributed by atoms with Crippen molar-refractivity contribution in [3.8, 4) is 0 Å². The number of amides is 2. The highest BCUT2D eigenvalue weighted by Crippen LogP contribution is 2.27. The van der Waals surface area contributed by atoms with E-state index < -0.39 is 4.92 Å². The number of nitro groups is 1. The van der Waals surface area contributed by atoms with Gasteiger partial charge in [0.05, 0.1) is 22.1 Å². The van der Waals surface area contributed by atoms with Crippen LogP contribution in [0, 0.1) is 10.1 Å². The highest BCUT2D eigenvalue weighted by atomic mass is 35.5. The molecule has 152 valence electrons. The zero-order chi connectivity index (χ0) is 21.0. The van der Waals surface area contributed by atoms with E-state index in [1.54, 1.807) is 29.2 Å². The highest BCUT2D eigenvalue weighted by molar-refractivity contribution is 6.33. The Morgan fingerprint density at radius 1 is 1.07 bits per heavy atom. The van der Waals surface area contributed by atoms with Crippen LogP contribution in [0.4, 0.5) is 11.4 Å². The van der Waals surface area contributed by atoms with Crippen molar-refractivity contribution >= 4 is 46.4 Å². The third kappa shape index (κ3) is 5.23. The van der Waals surface area contributed by atoms with Gasteiger partial charge in [-0.05, 0) is 24.3 Å². The molecule has 0 spiro atoms. The molecule has 1 fully saturated rings. The van der Waals surface area contributed by atoms with Gasteiger partial charge in [-0.25, -0.2) is 0 Å². The van der Waals surface area contributed by atoms with Gasteiger partial charge in [0.2, 0.25) is 5.91 Å². The van der Waals surface area contributed by atoms with Crippen molar-refractivity contribution < 1.29 is 14.5 Å². The molecule has 0 bridgehead atoms. The lowest BCUT2D eigenvalue weighted by molar-refractivity contribution is -0.383. The molecular formula is C19H18Cl2N4O4. The number of halogens is 2. The summed E-state index contributed by atoms with van der Waals surface area (Å²) in [6.45, 7) is 1.99. The lowest BCUT2D eigenvalue weighted by Gasteiger charge is -2.34. The van der Waals surface area contributed by atoms with Crippen molar-refractivity contribution in [2.24, 2.45) is 0 Å². The first-order valence-corrected chi connectivity index (χ1v) is 9.60. The number of hydrogen-bond donors (Lipinski definition) is 1. The molecule has 29 heavy (non-hydrogen) atoms. The number of carbonyl (C=O) groups excluding carboxylic acids is 2. The monoisotopic (exact) mass is 436 g/mol. The summed E-state index contributed by atoms with van der Waals surface area (Å²) in [6.07, 6.45) is 0. The standard InChI is InChI=1S/C19H18Cl2N4O4/c20-13-5-6-16(17(11-13)25(28)29)22-18(26)12-23-7-9-24(10-8-23)19(27)14-3-1-2-4-15(14)21/h1-6,11H,7-10,12H2,(H,22,26). The van der Waals surface area contributed by atoms with Crippen LogP contribution in [-0.2, 0) is 4.79 Å². The quantitative estimate of drug-likeness (QED) is 0.572. The van der Waals surface area contributed by atoms with Crippen LogP contribution in [0.5, 0.6) is 0 Å². The molecule has 0 aliphatic carbocycles. The van der Waals surface area contributed by atoms with E-state index in [-0.39, 0.29) is 34.8 Å². The minimum Gasteiger partial charge on any atom is -0.336 e. The first kappa shape index (κ1) is 21.0. The Morgan fingerprint density at radius 3 is 2.41 bits per heavy atom. The fraction of sp³-hybridized carbons (Fsp3) is 0.263. The second-order valence-electron chi connectivity index (χ2n) is 6.51. The van der Waals surface area contributed by atoms with Crippen LogP contribution in [0.2, 0.25) is 10.0 Å². The highest BCUT2D eigenvalue weighted by Gasteiger charge is 2.25. The molecule has 2 aromatic carbocycles. The molecule has 1 N–H and O–H groups in total. The predicted octanol–water partition coefficient (Wildman–Crippen LogP) is 3.30. The van der Waals surface area contributed by atoms with E-state index >= 15 is 0 Å². The van der Waals surface area contributed by atoms with Crippen LogP contribution in [-0.4, -0.2) is 59.3 Å². The molecule has 1 heterocycles. The molecule has 0 saturated carbocycles. The van der Waals surface area contributed by atoms with E-state index in [1.165, 1.54) is 18.2 Å². The summed E-state index contributed by atoms with van der Waals surface area (Å²) < 4.78 is 0. The topological polar surface area (TPSA) is 95.8 Å². The molecule has 2 amide bonds. The van der Waals surface area contributed by atoms with Crippen LogP contribution >= 0.6 is 23.2 Å². The Morgan fingerprint density at radius 2 is 1.76 bits per heavy atom. The van der Waals surface area contributed by atoms with Crippen LogP contribution < -0.4 is 5.32 Å². The average Bonchev–Trinajstić information content (AvgIpc) is 2.69. The Kier molecular flexibility index (Phi) is 6.68. The normalized spacial score (nSPS) is 14.5. The number of hydrogen-bond acceptors (Lipinski definition) is 5. The van der Waals surface area contributed by atoms with Gasteiger partial charge in [-0.2, -0.15) is 0 Å². The number of benzene rings is 2. The zero-order valence-electron chi connectivity index (χ0n) is 15.3. The molecule has 2 aromatic rings. The van der Waals surface area contributed by atoms with Gasteiger partial charge in [0.1, 0.15) is 5.69 Å². The van der Waals surface area contributed by atoms with Crippen LogP contribution in [0.25, 0.3) is 0 Å². The number of piperazine rings is 1. The molecule has 0 radical (unpaired) electrons. The second kappa shape index (κ2) is 9.21. The number of nitrogens with zero attached hydrogens (tertiary/aromatic N) is 3. The van der Waals surface area contributed by atoms with Gasteiger partial charge in [-0.1, -0.05) is 35.3 Å². The Balaban J connectivity index is 1.55. The number of anilines is 1. The van der Waals surface area contributed by atoms with E-state index in [9.17, 15) is 19.7 Å². The maximum absolute atomic E-state index is 12.6. The van der Waals surface area contributed by atoms with Crippen LogP contribution in [0.3, 0.4) is 0 Å². The van der Waals surface area contributed by atoms with Crippen molar-refractivity contribution in [1.29, 1.82) is 0 Å². The van der Waals surface area contributed by atoms with Crippen molar-refractivity contribution in [3.63, 3.8) is 0 Å². The fourth-order valence-corrected chi connectivity index (χ4v) is 3.45. The zero-order valence-corrected chi connectivity index (χ0v) is 16.8. The van der Waals surface area contributed by atoms with E-state index in [0.717, 1.165) is 0 Å². The van der Waals surface area contributed by atoms with Gasteiger partial charge >= 0.3 is 0 Å². The van der Waals surface area contributed by atoms with E-state index in [0.29, 0.717) is 36.8 Å². The number of nitro benzene ring substituents is 1. The number of carbonyl (C=O) groups is 2. The van der Waals surface area contributed by atoms with Gasteiger partial charge < -0.3 is 10.2 Å². The van der Waals surface area contributed by atoms with E-state index in [1.807, 2.05) is 4.90 Å². The minimum atomic E-state index is -0.597. The summed E-state index contributed by atoms with van der Waals surface area (Å²) in [5.41, 5.74) is 0.286. The molecule has 10 heteroatoms. The first-order chi connectivity index (χ1) is 13.8. The summed E-state index contributed by atoms with van der Waals surface area (Å²) in [4.78, 5) is 39.0. The second-order valence-corrected chi connectivity index (χ2v) is 7.36. The molecule has 3 rings (SSSR count). The summed E-state index contributed by atoms with van der Waals surface area (Å²) in [5.74, 6) is -0.516. The Hall–Kier alpha value is -2.68. The summed E-state index contributed by atoms with van der Waals surface area (Å²) >= 11 is 11.9. The van der Waals surface area contributed by atoms with Gasteiger partial charge in [0.25, 0.3) is 11.6 Å². The molecule has 1 saturated heterocycles. The largest absolute Gasteiger partial charge is 0.336 e. The fourth-order valence-electron chi connectivity index (χ4n) is 3.07. The van der Waals surface area contributed by atoms with E-state index in [2.05, 4.69) is 5.32 Å². The lowest BCUT2D eigenvalue weighted by Crippen LogP contribution is -2.50. The summed E-state index contributed by atoms with van der Waals surface area (Å²) in [7, 11) is 0. The maximum atomic E-state index is 12.6. The van der Waals surface area contributed by atoms with Crippen molar-refractivity contribution in [1.82, 2.24) is 9.80 Å². The number of nitrogens with one attached hydrogen (secondary N) is 1. The van der Waals surface area contributed by atoms with Crippen molar-refractivity contribution in [2.45, 2.75) is 0 Å². The van der Waals surface area contributed by atoms with E-state index in [4.69, 9.17) is 23.2 Å². The first-order valence-electron chi connectivity index (χ1n) is 8.85. The van der Waals surface area contributed by atoms with Crippen molar-refractivity contribution in [3.05, 3.63) is 68.2 Å². The number of rotatable bonds is 5. The van der Waals surface area contributed by atoms with Gasteiger partial charge in [-0.3, -0.25) is 24.6 Å². The van der Waals surface area contributed by atoms with Gasteiger partial charge in [0, 0.05) is 37.3 Å². The average molecular weight is 437 g/mol. The SMILES string of the molecule is O=C(CN1CCN(C(=O)c2ccccc2Cl)CC1)Nc1ccc(Cl)cc1[N+](=O)[O-]. The smallest absolute Gasteiger partial charge is 0.294 e.